The number of rotatable bonds is 8. The van der Waals surface area contributed by atoms with E-state index in [0.29, 0.717) is 19.4 Å². The summed E-state index contributed by atoms with van der Waals surface area (Å²) in [4.78, 5) is 34.7. The van der Waals surface area contributed by atoms with Gasteiger partial charge in [-0.05, 0) is 20.8 Å². The van der Waals surface area contributed by atoms with Gasteiger partial charge in [-0.1, -0.05) is 0 Å². The molecular weight excluding hydrogens is 276 g/mol. The monoisotopic (exact) mass is 300 g/mol. The Kier molecular flexibility index (Phi) is 8.30. The van der Waals surface area contributed by atoms with Crippen molar-refractivity contribution in [3.05, 3.63) is 12.3 Å². The van der Waals surface area contributed by atoms with Crippen LogP contribution in [0.15, 0.2) is 12.3 Å². The van der Waals surface area contributed by atoms with E-state index in [0.717, 1.165) is 0 Å². The third-order valence-corrected chi connectivity index (χ3v) is 2.38. The zero-order chi connectivity index (χ0) is 16.5. The zero-order valence-electron chi connectivity index (χ0n) is 13.2. The predicted molar refractivity (Wildman–Crippen MR) is 77.2 cm³/mol. The van der Waals surface area contributed by atoms with Crippen LogP contribution in [-0.2, 0) is 23.9 Å². The number of esters is 1. The van der Waals surface area contributed by atoms with Crippen molar-refractivity contribution < 1.29 is 23.9 Å². The normalized spacial score (nSPS) is 12.8. The molecule has 0 heterocycles. The third-order valence-electron chi connectivity index (χ3n) is 2.38. The lowest BCUT2D eigenvalue weighted by atomic mass is 10.2. The molecule has 0 aromatic rings. The minimum absolute atomic E-state index is 0.316. The van der Waals surface area contributed by atoms with Crippen LogP contribution in [0.4, 0.5) is 0 Å². The number of imide groups is 1. The maximum Gasteiger partial charge on any atom is 0.335 e. The first-order valence-electron chi connectivity index (χ1n) is 6.58. The molecule has 0 saturated carbocycles. The average Bonchev–Trinajstić information content (AvgIpc) is 2.35. The summed E-state index contributed by atoms with van der Waals surface area (Å²) in [6, 6.07) is 0. The van der Waals surface area contributed by atoms with Crippen LogP contribution in [0.25, 0.3) is 0 Å². The molecule has 0 aliphatic carbocycles. The van der Waals surface area contributed by atoms with Crippen molar-refractivity contribution in [1.82, 2.24) is 10.2 Å². The molecule has 120 valence electrons. The van der Waals surface area contributed by atoms with Crippen LogP contribution in [0.1, 0.15) is 27.2 Å². The average molecular weight is 300 g/mol. The lowest BCUT2D eigenvalue weighted by Crippen LogP contribution is -2.34. The molecule has 7 heteroatoms. The molecule has 1 unspecified atom stereocenters. The van der Waals surface area contributed by atoms with Crippen LogP contribution in [-0.4, -0.2) is 55.6 Å². The number of carbonyl (C=O) groups is 3. The summed E-state index contributed by atoms with van der Waals surface area (Å²) < 4.78 is 10.4. The fourth-order valence-corrected chi connectivity index (χ4v) is 1.40. The van der Waals surface area contributed by atoms with E-state index in [9.17, 15) is 14.4 Å². The zero-order valence-corrected chi connectivity index (χ0v) is 13.2. The van der Waals surface area contributed by atoms with Gasteiger partial charge in [-0.2, -0.15) is 0 Å². The predicted octanol–water partition coefficient (Wildman–Crippen LogP) is 0.451. The van der Waals surface area contributed by atoms with Crippen LogP contribution < -0.4 is 5.32 Å². The summed E-state index contributed by atoms with van der Waals surface area (Å²) >= 11 is 0. The lowest BCUT2D eigenvalue weighted by molar-refractivity contribution is -0.167. The first-order chi connectivity index (χ1) is 9.69. The highest BCUT2D eigenvalue weighted by molar-refractivity contribution is 5.94. The number of carbonyl (C=O) groups excluding carboxylic acids is 3. The van der Waals surface area contributed by atoms with E-state index in [1.807, 2.05) is 5.32 Å². The number of hydrogen-bond donors (Lipinski definition) is 1. The van der Waals surface area contributed by atoms with Gasteiger partial charge in [0.15, 0.2) is 6.10 Å². The summed E-state index contributed by atoms with van der Waals surface area (Å²) in [5, 5.41) is 1.99. The van der Waals surface area contributed by atoms with Crippen LogP contribution in [0.2, 0.25) is 0 Å². The number of nitrogens with zero attached hydrogens (tertiary/aromatic N) is 1. The van der Waals surface area contributed by atoms with Gasteiger partial charge in [0.1, 0.15) is 5.60 Å². The first kappa shape index (κ1) is 19.1. The van der Waals surface area contributed by atoms with E-state index < -0.39 is 23.6 Å². The minimum Gasteiger partial charge on any atom is -0.458 e. The van der Waals surface area contributed by atoms with Crippen molar-refractivity contribution in [2.24, 2.45) is 0 Å². The second-order valence-corrected chi connectivity index (χ2v) is 5.47. The van der Waals surface area contributed by atoms with Gasteiger partial charge in [0.05, 0.1) is 0 Å². The molecule has 0 aromatic carbocycles. The quantitative estimate of drug-likeness (QED) is 0.398. The van der Waals surface area contributed by atoms with Crippen molar-refractivity contribution in [2.45, 2.75) is 38.9 Å². The fraction of sp³-hybridized carbons (Fsp3) is 0.643. The SMILES string of the molecule is COC(CCN(C)/C=C\C(=O)NC=O)C(=O)OC(C)(C)C. The van der Waals surface area contributed by atoms with Gasteiger partial charge in [0, 0.05) is 39.4 Å². The van der Waals surface area contributed by atoms with Gasteiger partial charge in [-0.25, -0.2) is 4.79 Å². The standard InChI is InChI=1S/C14H24N2O5/c1-14(2,3)21-13(19)11(20-5)6-8-16(4)9-7-12(18)15-10-17/h7,9-11H,6,8H2,1-5H3,(H,15,17,18)/b9-7-. The largest absolute Gasteiger partial charge is 0.458 e. The number of nitrogens with one attached hydrogen (secondary N) is 1. The molecule has 2 amide bonds. The molecule has 0 saturated heterocycles. The van der Waals surface area contributed by atoms with Crippen LogP contribution in [0.3, 0.4) is 0 Å². The number of ether oxygens (including phenoxy) is 2. The number of amides is 2. The molecule has 1 atom stereocenters. The highest BCUT2D eigenvalue weighted by Gasteiger charge is 2.24. The Morgan fingerprint density at radius 3 is 2.43 bits per heavy atom. The molecule has 0 rings (SSSR count). The molecular formula is C14H24N2O5. The van der Waals surface area contributed by atoms with Gasteiger partial charge in [0.2, 0.25) is 6.41 Å². The van der Waals surface area contributed by atoms with E-state index in [4.69, 9.17) is 9.47 Å². The highest BCUT2D eigenvalue weighted by atomic mass is 16.6. The Morgan fingerprint density at radius 1 is 1.33 bits per heavy atom. The molecule has 0 spiro atoms. The first-order valence-corrected chi connectivity index (χ1v) is 6.58. The van der Waals surface area contributed by atoms with Crippen LogP contribution in [0, 0.1) is 0 Å². The number of hydrogen-bond acceptors (Lipinski definition) is 6. The molecule has 0 aliphatic heterocycles. The van der Waals surface area contributed by atoms with Gasteiger partial charge >= 0.3 is 5.97 Å². The Labute approximate surface area is 125 Å². The van der Waals surface area contributed by atoms with Crippen LogP contribution >= 0.6 is 0 Å². The lowest BCUT2D eigenvalue weighted by Gasteiger charge is -2.24. The van der Waals surface area contributed by atoms with E-state index in [2.05, 4.69) is 0 Å². The minimum atomic E-state index is -0.663. The highest BCUT2D eigenvalue weighted by Crippen LogP contribution is 2.11. The summed E-state index contributed by atoms with van der Waals surface area (Å²) in [6.07, 6.45) is 2.81. The van der Waals surface area contributed by atoms with Crippen molar-refractivity contribution in [3.63, 3.8) is 0 Å². The van der Waals surface area contributed by atoms with E-state index in [-0.39, 0.29) is 0 Å². The third kappa shape index (κ3) is 9.61. The van der Waals surface area contributed by atoms with Gasteiger partial charge < -0.3 is 14.4 Å². The van der Waals surface area contributed by atoms with Gasteiger partial charge in [0.25, 0.3) is 5.91 Å². The smallest absolute Gasteiger partial charge is 0.335 e. The Bertz CT molecular complexity index is 387. The topological polar surface area (TPSA) is 84.9 Å². The second kappa shape index (κ2) is 9.12. The van der Waals surface area contributed by atoms with E-state index in [1.165, 1.54) is 19.4 Å². The Hall–Kier alpha value is -1.89. The van der Waals surface area contributed by atoms with E-state index >= 15 is 0 Å². The maximum absolute atomic E-state index is 11.9. The van der Waals surface area contributed by atoms with Crippen molar-refractivity contribution in [2.75, 3.05) is 20.7 Å². The Balaban J connectivity index is 4.30. The van der Waals surface area contributed by atoms with Crippen molar-refractivity contribution >= 4 is 18.3 Å². The molecule has 0 bridgehead atoms. The molecule has 1 N–H and O–H groups in total. The second-order valence-electron chi connectivity index (χ2n) is 5.47. The molecule has 0 fully saturated rings. The van der Waals surface area contributed by atoms with Crippen molar-refractivity contribution in [3.8, 4) is 0 Å². The van der Waals surface area contributed by atoms with Gasteiger partial charge in [-0.3, -0.25) is 14.9 Å². The van der Waals surface area contributed by atoms with Crippen LogP contribution in [0.5, 0.6) is 0 Å². The Morgan fingerprint density at radius 2 is 1.95 bits per heavy atom. The maximum atomic E-state index is 11.9. The summed E-state index contributed by atoms with van der Waals surface area (Å²) in [5.74, 6) is -0.923. The molecule has 7 nitrogen and oxygen atoms in total. The summed E-state index contributed by atoms with van der Waals surface area (Å²) in [5.41, 5.74) is -0.563. The summed E-state index contributed by atoms with van der Waals surface area (Å²) in [6.45, 7) is 5.86. The van der Waals surface area contributed by atoms with Crippen molar-refractivity contribution in [1.29, 1.82) is 0 Å². The van der Waals surface area contributed by atoms with Gasteiger partial charge in [-0.15, -0.1) is 0 Å². The molecule has 0 aromatic heterocycles. The fourth-order valence-electron chi connectivity index (χ4n) is 1.40. The molecule has 0 radical (unpaired) electrons. The van der Waals surface area contributed by atoms with E-state index in [1.54, 1.807) is 32.7 Å². The summed E-state index contributed by atoms with van der Waals surface area (Å²) in [7, 11) is 3.19. The molecule has 0 aliphatic rings. The molecule has 21 heavy (non-hydrogen) atoms. The number of methoxy groups -OCH3 is 1.